The number of hydrogen-bond acceptors (Lipinski definition) is 2. The molecule has 2 fully saturated rings. The predicted octanol–water partition coefficient (Wildman–Crippen LogP) is 3.84. The van der Waals surface area contributed by atoms with Crippen LogP contribution in [0.4, 0.5) is 5.69 Å². The molecule has 1 saturated carbocycles. The summed E-state index contributed by atoms with van der Waals surface area (Å²) in [4.78, 5) is 2.77. The maximum Gasteiger partial charge on any atom is 0.0419 e. The first kappa shape index (κ1) is 14.2. The quantitative estimate of drug-likeness (QED) is 0.891. The average Bonchev–Trinajstić information content (AvgIpc) is 3.08. The van der Waals surface area contributed by atoms with Gasteiger partial charge in [-0.3, -0.25) is 4.90 Å². The Morgan fingerprint density at radius 1 is 1.15 bits per heavy atom. The lowest BCUT2D eigenvalue weighted by Crippen LogP contribution is -2.41. The third-order valence-corrected chi connectivity index (χ3v) is 5.41. The highest BCUT2D eigenvalue weighted by atomic mass is 35.5. The molecule has 2 unspecified atom stereocenters. The molecule has 2 nitrogen and oxygen atoms in total. The maximum absolute atomic E-state index is 3.59. The van der Waals surface area contributed by atoms with Crippen LogP contribution in [-0.4, -0.2) is 24.0 Å². The van der Waals surface area contributed by atoms with Crippen LogP contribution >= 0.6 is 12.4 Å². The molecule has 0 bridgehead atoms. The van der Waals surface area contributed by atoms with Gasteiger partial charge in [-0.2, -0.15) is 0 Å². The zero-order valence-electron chi connectivity index (χ0n) is 12.1. The minimum Gasteiger partial charge on any atom is -0.384 e. The highest BCUT2D eigenvalue weighted by molar-refractivity contribution is 5.85. The van der Waals surface area contributed by atoms with E-state index >= 15 is 0 Å². The Morgan fingerprint density at radius 3 is 3.00 bits per heavy atom. The number of halogens is 1. The molecule has 0 radical (unpaired) electrons. The van der Waals surface area contributed by atoms with Crippen molar-refractivity contribution in [3.8, 4) is 0 Å². The molecule has 1 aromatic carbocycles. The third kappa shape index (κ3) is 2.44. The van der Waals surface area contributed by atoms with E-state index in [1.807, 2.05) is 0 Å². The summed E-state index contributed by atoms with van der Waals surface area (Å²) in [6, 6.07) is 7.74. The summed E-state index contributed by atoms with van der Waals surface area (Å²) in [6.07, 6.45) is 8.46. The molecule has 1 saturated heterocycles. The monoisotopic (exact) mass is 292 g/mol. The SMILES string of the molecule is Cl.c1cc2c(c(CN3CCCC4CCCC43)c1)NCC2. The molecule has 3 aliphatic rings. The van der Waals surface area contributed by atoms with Crippen LogP contribution in [0.1, 0.15) is 43.2 Å². The molecule has 1 aromatic rings. The molecular weight excluding hydrogens is 268 g/mol. The molecule has 20 heavy (non-hydrogen) atoms. The van der Waals surface area contributed by atoms with E-state index in [0.29, 0.717) is 0 Å². The number of benzene rings is 1. The summed E-state index contributed by atoms with van der Waals surface area (Å²) in [7, 11) is 0. The smallest absolute Gasteiger partial charge is 0.0419 e. The predicted molar refractivity (Wildman–Crippen MR) is 86.7 cm³/mol. The second-order valence-electron chi connectivity index (χ2n) is 6.50. The zero-order chi connectivity index (χ0) is 12.7. The van der Waals surface area contributed by atoms with E-state index in [9.17, 15) is 0 Å². The molecule has 2 aliphatic heterocycles. The number of hydrogen-bond donors (Lipinski definition) is 1. The minimum atomic E-state index is 0. The van der Waals surface area contributed by atoms with Gasteiger partial charge in [0.25, 0.3) is 0 Å². The van der Waals surface area contributed by atoms with E-state index in [1.54, 1.807) is 0 Å². The Labute approximate surface area is 128 Å². The minimum absolute atomic E-state index is 0. The number of anilines is 1. The lowest BCUT2D eigenvalue weighted by Gasteiger charge is -2.38. The fourth-order valence-electron chi connectivity index (χ4n) is 4.51. The standard InChI is InChI=1S/C17H24N2.ClH/c1-5-14-9-10-18-17(14)15(6-1)12-19-11-3-7-13-4-2-8-16(13)19;/h1,5-6,13,16,18H,2-4,7-12H2;1H. The van der Waals surface area contributed by atoms with Gasteiger partial charge in [0.1, 0.15) is 0 Å². The van der Waals surface area contributed by atoms with Gasteiger partial charge in [-0.1, -0.05) is 24.6 Å². The van der Waals surface area contributed by atoms with Gasteiger partial charge >= 0.3 is 0 Å². The van der Waals surface area contributed by atoms with Gasteiger partial charge in [0.05, 0.1) is 0 Å². The second-order valence-corrected chi connectivity index (χ2v) is 6.50. The summed E-state index contributed by atoms with van der Waals surface area (Å²) >= 11 is 0. The summed E-state index contributed by atoms with van der Waals surface area (Å²) in [5.74, 6) is 0.999. The van der Waals surface area contributed by atoms with Crippen LogP contribution in [0, 0.1) is 5.92 Å². The molecule has 2 atom stereocenters. The fourth-order valence-corrected chi connectivity index (χ4v) is 4.51. The number of nitrogens with zero attached hydrogens (tertiary/aromatic N) is 1. The molecule has 2 heterocycles. The number of piperidine rings is 1. The summed E-state index contributed by atoms with van der Waals surface area (Å²) in [5.41, 5.74) is 4.50. The van der Waals surface area contributed by atoms with Crippen LogP contribution in [0.25, 0.3) is 0 Å². The molecule has 0 aromatic heterocycles. The van der Waals surface area contributed by atoms with Gasteiger partial charge in [0.15, 0.2) is 0 Å². The van der Waals surface area contributed by atoms with Crippen LogP contribution in [0.5, 0.6) is 0 Å². The number of para-hydroxylation sites is 1. The normalized spacial score (nSPS) is 28.4. The number of rotatable bonds is 2. The Morgan fingerprint density at radius 2 is 2.05 bits per heavy atom. The van der Waals surface area contributed by atoms with E-state index in [-0.39, 0.29) is 12.4 Å². The van der Waals surface area contributed by atoms with Gasteiger partial charge in [-0.15, -0.1) is 12.4 Å². The first-order valence-corrected chi connectivity index (χ1v) is 8.00. The largest absolute Gasteiger partial charge is 0.384 e. The molecule has 1 aliphatic carbocycles. The number of nitrogens with one attached hydrogen (secondary N) is 1. The third-order valence-electron chi connectivity index (χ3n) is 5.41. The lowest BCUT2D eigenvalue weighted by molar-refractivity contribution is 0.106. The molecule has 0 amide bonds. The van der Waals surface area contributed by atoms with Crippen molar-refractivity contribution in [1.29, 1.82) is 0 Å². The van der Waals surface area contributed by atoms with E-state index < -0.39 is 0 Å². The fraction of sp³-hybridized carbons (Fsp3) is 0.647. The van der Waals surface area contributed by atoms with Crippen molar-refractivity contribution >= 4 is 18.1 Å². The van der Waals surface area contributed by atoms with E-state index in [4.69, 9.17) is 0 Å². The highest BCUT2D eigenvalue weighted by Gasteiger charge is 2.35. The van der Waals surface area contributed by atoms with Gasteiger partial charge in [0.2, 0.25) is 0 Å². The topological polar surface area (TPSA) is 15.3 Å². The van der Waals surface area contributed by atoms with Crippen LogP contribution in [0.3, 0.4) is 0 Å². The van der Waals surface area contributed by atoms with Crippen LogP contribution in [0.15, 0.2) is 18.2 Å². The summed E-state index contributed by atoms with van der Waals surface area (Å²) in [6.45, 7) is 3.60. The van der Waals surface area contributed by atoms with Gasteiger partial charge in [0, 0.05) is 24.8 Å². The van der Waals surface area contributed by atoms with E-state index in [1.165, 1.54) is 61.9 Å². The molecule has 3 heteroatoms. The van der Waals surface area contributed by atoms with Crippen molar-refractivity contribution < 1.29 is 0 Å². The second kappa shape index (κ2) is 5.95. The first-order valence-electron chi connectivity index (χ1n) is 8.00. The van der Waals surface area contributed by atoms with E-state index in [0.717, 1.165) is 25.0 Å². The molecule has 4 rings (SSSR count). The number of fused-ring (bicyclic) bond motifs is 2. The summed E-state index contributed by atoms with van der Waals surface area (Å²) < 4.78 is 0. The van der Waals surface area contributed by atoms with Crippen LogP contribution < -0.4 is 5.32 Å². The number of likely N-dealkylation sites (tertiary alicyclic amines) is 1. The average molecular weight is 293 g/mol. The van der Waals surface area contributed by atoms with E-state index in [2.05, 4.69) is 28.4 Å². The lowest BCUT2D eigenvalue weighted by atomic mass is 9.91. The first-order chi connectivity index (χ1) is 9.42. The van der Waals surface area contributed by atoms with Crippen molar-refractivity contribution in [2.24, 2.45) is 5.92 Å². The molecule has 110 valence electrons. The molecular formula is C17H25ClN2. The van der Waals surface area contributed by atoms with Crippen LogP contribution in [-0.2, 0) is 13.0 Å². The molecule has 1 N–H and O–H groups in total. The Kier molecular flexibility index (Phi) is 4.23. The summed E-state index contributed by atoms with van der Waals surface area (Å²) in [5, 5.41) is 3.59. The zero-order valence-corrected chi connectivity index (χ0v) is 12.9. The van der Waals surface area contributed by atoms with Gasteiger partial charge in [-0.05, 0) is 55.7 Å². The van der Waals surface area contributed by atoms with Gasteiger partial charge in [-0.25, -0.2) is 0 Å². The Hall–Kier alpha value is -0.730. The van der Waals surface area contributed by atoms with Crippen molar-refractivity contribution in [3.05, 3.63) is 29.3 Å². The Balaban J connectivity index is 0.00000121. The van der Waals surface area contributed by atoms with Crippen LogP contribution in [0.2, 0.25) is 0 Å². The van der Waals surface area contributed by atoms with Crippen molar-refractivity contribution in [2.45, 2.75) is 51.1 Å². The van der Waals surface area contributed by atoms with Crippen molar-refractivity contribution in [1.82, 2.24) is 4.90 Å². The Bertz CT molecular complexity index is 474. The van der Waals surface area contributed by atoms with Gasteiger partial charge < -0.3 is 5.32 Å². The maximum atomic E-state index is 3.59. The van der Waals surface area contributed by atoms with Crippen molar-refractivity contribution in [3.63, 3.8) is 0 Å². The van der Waals surface area contributed by atoms with Crippen molar-refractivity contribution in [2.75, 3.05) is 18.4 Å². The highest BCUT2D eigenvalue weighted by Crippen LogP contribution is 2.38. The molecule has 0 spiro atoms.